The second-order valence-corrected chi connectivity index (χ2v) is 7.04. The SMILES string of the molecule is CC/C=C\CC(CCC)c1ccc(OCC)c(C(C)(C)C)c1. The maximum absolute atomic E-state index is 5.84. The van der Waals surface area contributed by atoms with Crippen LogP contribution < -0.4 is 4.74 Å². The highest BCUT2D eigenvalue weighted by Crippen LogP contribution is 2.36. The molecule has 0 fully saturated rings. The van der Waals surface area contributed by atoms with Gasteiger partial charge < -0.3 is 4.74 Å². The summed E-state index contributed by atoms with van der Waals surface area (Å²) in [7, 11) is 0. The van der Waals surface area contributed by atoms with Gasteiger partial charge in [0.25, 0.3) is 0 Å². The Morgan fingerprint density at radius 1 is 1.09 bits per heavy atom. The molecule has 22 heavy (non-hydrogen) atoms. The second-order valence-electron chi connectivity index (χ2n) is 7.04. The molecule has 0 N–H and O–H groups in total. The number of allylic oxidation sites excluding steroid dienone is 2. The van der Waals surface area contributed by atoms with Gasteiger partial charge in [-0.1, -0.05) is 65.3 Å². The Morgan fingerprint density at radius 2 is 1.82 bits per heavy atom. The average molecular weight is 303 g/mol. The van der Waals surface area contributed by atoms with E-state index in [1.54, 1.807) is 0 Å². The summed E-state index contributed by atoms with van der Waals surface area (Å²) in [4.78, 5) is 0. The predicted molar refractivity (Wildman–Crippen MR) is 98.0 cm³/mol. The van der Waals surface area contributed by atoms with Crippen molar-refractivity contribution in [3.63, 3.8) is 0 Å². The smallest absolute Gasteiger partial charge is 0.123 e. The first-order valence-corrected chi connectivity index (χ1v) is 8.86. The molecule has 0 bridgehead atoms. The van der Waals surface area contributed by atoms with E-state index >= 15 is 0 Å². The lowest BCUT2D eigenvalue weighted by atomic mass is 9.82. The van der Waals surface area contributed by atoms with Crippen molar-refractivity contribution in [2.45, 2.75) is 78.6 Å². The first-order chi connectivity index (χ1) is 10.4. The summed E-state index contributed by atoms with van der Waals surface area (Å²) in [6.07, 6.45) is 9.35. The molecule has 0 aliphatic heterocycles. The van der Waals surface area contributed by atoms with Crippen LogP contribution >= 0.6 is 0 Å². The first-order valence-electron chi connectivity index (χ1n) is 8.86. The van der Waals surface area contributed by atoms with Crippen LogP contribution in [-0.2, 0) is 5.41 Å². The van der Waals surface area contributed by atoms with Crippen LogP contribution in [0.15, 0.2) is 30.4 Å². The van der Waals surface area contributed by atoms with E-state index in [0.29, 0.717) is 5.92 Å². The molecule has 0 aromatic heterocycles. The summed E-state index contributed by atoms with van der Waals surface area (Å²) < 4.78 is 5.84. The fourth-order valence-electron chi connectivity index (χ4n) is 2.87. The zero-order valence-corrected chi connectivity index (χ0v) is 15.4. The summed E-state index contributed by atoms with van der Waals surface area (Å²) in [6.45, 7) is 14.0. The van der Waals surface area contributed by atoms with Gasteiger partial charge >= 0.3 is 0 Å². The molecule has 1 unspecified atom stereocenters. The van der Waals surface area contributed by atoms with E-state index < -0.39 is 0 Å². The zero-order valence-electron chi connectivity index (χ0n) is 15.4. The van der Waals surface area contributed by atoms with Crippen molar-refractivity contribution in [1.29, 1.82) is 0 Å². The Morgan fingerprint density at radius 3 is 2.36 bits per heavy atom. The number of hydrogen-bond donors (Lipinski definition) is 0. The van der Waals surface area contributed by atoms with E-state index in [1.165, 1.54) is 24.0 Å². The third-order valence-corrected chi connectivity index (χ3v) is 4.04. The Kier molecular flexibility index (Phi) is 7.72. The summed E-state index contributed by atoms with van der Waals surface area (Å²) >= 11 is 0. The Labute approximate surface area is 137 Å². The monoisotopic (exact) mass is 302 g/mol. The van der Waals surface area contributed by atoms with Gasteiger partial charge in [0, 0.05) is 0 Å². The summed E-state index contributed by atoms with van der Waals surface area (Å²) in [5.41, 5.74) is 2.89. The van der Waals surface area contributed by atoms with Crippen molar-refractivity contribution in [3.8, 4) is 5.75 Å². The standard InChI is InChI=1S/C21H34O/c1-7-10-11-13-17(12-8-2)18-14-15-20(22-9-3)19(16-18)21(4,5)6/h10-11,14-17H,7-9,12-13H2,1-6H3/b11-10-. The predicted octanol–water partition coefficient (Wildman–Crippen LogP) is 6.62. The van der Waals surface area contributed by atoms with Crippen molar-refractivity contribution in [3.05, 3.63) is 41.5 Å². The molecule has 0 aliphatic carbocycles. The fraction of sp³-hybridized carbons (Fsp3) is 0.619. The van der Waals surface area contributed by atoms with E-state index in [2.05, 4.69) is 71.9 Å². The summed E-state index contributed by atoms with van der Waals surface area (Å²) in [6, 6.07) is 6.82. The Hall–Kier alpha value is -1.24. The van der Waals surface area contributed by atoms with Gasteiger partial charge in [-0.15, -0.1) is 0 Å². The Bertz CT molecular complexity index is 465. The quantitative estimate of drug-likeness (QED) is 0.490. The molecule has 1 aromatic carbocycles. The van der Waals surface area contributed by atoms with E-state index in [1.807, 2.05) is 0 Å². The molecule has 0 heterocycles. The lowest BCUT2D eigenvalue weighted by Crippen LogP contribution is -2.14. The van der Waals surface area contributed by atoms with E-state index in [-0.39, 0.29) is 5.41 Å². The molecule has 0 spiro atoms. The highest BCUT2D eigenvalue weighted by atomic mass is 16.5. The van der Waals surface area contributed by atoms with Crippen LogP contribution in [0.1, 0.15) is 84.3 Å². The van der Waals surface area contributed by atoms with Crippen molar-refractivity contribution >= 4 is 0 Å². The van der Waals surface area contributed by atoms with Crippen molar-refractivity contribution in [1.82, 2.24) is 0 Å². The van der Waals surface area contributed by atoms with Crippen molar-refractivity contribution in [2.75, 3.05) is 6.61 Å². The Balaban J connectivity index is 3.13. The minimum atomic E-state index is 0.108. The van der Waals surface area contributed by atoms with Gasteiger partial charge in [0.05, 0.1) is 6.61 Å². The van der Waals surface area contributed by atoms with Gasteiger partial charge in [0.1, 0.15) is 5.75 Å². The first kappa shape index (κ1) is 18.8. The van der Waals surface area contributed by atoms with Crippen LogP contribution in [0.25, 0.3) is 0 Å². The van der Waals surface area contributed by atoms with E-state index in [4.69, 9.17) is 4.74 Å². The molecule has 0 saturated heterocycles. The lowest BCUT2D eigenvalue weighted by molar-refractivity contribution is 0.329. The molecule has 1 heteroatoms. The molecule has 1 nitrogen and oxygen atoms in total. The zero-order chi connectivity index (χ0) is 16.6. The van der Waals surface area contributed by atoms with Crippen LogP contribution in [0.3, 0.4) is 0 Å². The maximum atomic E-state index is 5.84. The average Bonchev–Trinajstić information content (AvgIpc) is 2.46. The molecule has 0 radical (unpaired) electrons. The van der Waals surface area contributed by atoms with Gasteiger partial charge in [-0.3, -0.25) is 0 Å². The summed E-state index contributed by atoms with van der Waals surface area (Å²) in [5.74, 6) is 1.66. The second kappa shape index (κ2) is 9.02. The van der Waals surface area contributed by atoms with Crippen LogP contribution in [0.2, 0.25) is 0 Å². The third kappa shape index (κ3) is 5.51. The number of hydrogen-bond acceptors (Lipinski definition) is 1. The minimum Gasteiger partial charge on any atom is -0.494 e. The largest absolute Gasteiger partial charge is 0.494 e. The minimum absolute atomic E-state index is 0.108. The van der Waals surface area contributed by atoms with Crippen LogP contribution in [-0.4, -0.2) is 6.61 Å². The molecule has 0 saturated carbocycles. The molecule has 0 amide bonds. The van der Waals surface area contributed by atoms with Crippen molar-refractivity contribution in [2.24, 2.45) is 0 Å². The highest BCUT2D eigenvalue weighted by Gasteiger charge is 2.21. The molecule has 0 aliphatic rings. The number of ether oxygens (including phenoxy) is 1. The molecule has 1 aromatic rings. The van der Waals surface area contributed by atoms with E-state index in [9.17, 15) is 0 Å². The molecular formula is C21H34O. The van der Waals surface area contributed by atoms with Gasteiger partial charge in [0.2, 0.25) is 0 Å². The molecular weight excluding hydrogens is 268 g/mol. The maximum Gasteiger partial charge on any atom is 0.123 e. The third-order valence-electron chi connectivity index (χ3n) is 4.04. The van der Waals surface area contributed by atoms with E-state index in [0.717, 1.165) is 25.2 Å². The van der Waals surface area contributed by atoms with Gasteiger partial charge in [-0.2, -0.15) is 0 Å². The van der Waals surface area contributed by atoms with Crippen LogP contribution in [0.4, 0.5) is 0 Å². The van der Waals surface area contributed by atoms with Gasteiger partial charge in [0.15, 0.2) is 0 Å². The molecule has 1 rings (SSSR count). The topological polar surface area (TPSA) is 9.23 Å². The normalized spacial score (nSPS) is 13.5. The summed E-state index contributed by atoms with van der Waals surface area (Å²) in [5, 5.41) is 0. The van der Waals surface area contributed by atoms with Crippen molar-refractivity contribution < 1.29 is 4.74 Å². The van der Waals surface area contributed by atoms with Gasteiger partial charge in [-0.25, -0.2) is 0 Å². The van der Waals surface area contributed by atoms with Gasteiger partial charge in [-0.05, 0) is 54.7 Å². The van der Waals surface area contributed by atoms with Crippen LogP contribution in [0, 0.1) is 0 Å². The fourth-order valence-corrected chi connectivity index (χ4v) is 2.87. The lowest BCUT2D eigenvalue weighted by Gasteiger charge is -2.25. The highest BCUT2D eigenvalue weighted by molar-refractivity contribution is 5.42. The number of benzene rings is 1. The molecule has 1 atom stereocenters. The number of rotatable bonds is 8. The molecule has 124 valence electrons. The van der Waals surface area contributed by atoms with Crippen LogP contribution in [0.5, 0.6) is 5.75 Å².